The van der Waals surface area contributed by atoms with Crippen molar-refractivity contribution in [3.8, 4) is 17.3 Å². The fourth-order valence-electron chi connectivity index (χ4n) is 2.26. The monoisotopic (exact) mass is 330 g/mol. The number of imidazole rings is 1. The Hall–Kier alpha value is -2.60. The maximum Gasteiger partial charge on any atom is 0.307 e. The van der Waals surface area contributed by atoms with Gasteiger partial charge in [-0.3, -0.25) is 9.36 Å². The molecular weight excluding hydrogens is 316 g/mol. The molecule has 2 heterocycles. The summed E-state index contributed by atoms with van der Waals surface area (Å²) in [7, 11) is 0. The van der Waals surface area contributed by atoms with Gasteiger partial charge in [-0.2, -0.15) is 4.98 Å². The molecule has 118 valence electrons. The maximum absolute atomic E-state index is 11.1. The van der Waals surface area contributed by atoms with E-state index in [4.69, 9.17) is 21.8 Å². The lowest BCUT2D eigenvalue weighted by molar-refractivity contribution is -0.118. The highest BCUT2D eigenvalue weighted by molar-refractivity contribution is 6.30. The second-order valence-corrected chi connectivity index (χ2v) is 5.52. The number of oxazole rings is 1. The number of aryl methyl sites for hydroxylation is 2. The van der Waals surface area contributed by atoms with Gasteiger partial charge in [-0.1, -0.05) is 23.7 Å². The van der Waals surface area contributed by atoms with Crippen LogP contribution in [0.3, 0.4) is 0 Å². The lowest BCUT2D eigenvalue weighted by Crippen LogP contribution is -2.11. The summed E-state index contributed by atoms with van der Waals surface area (Å²) in [5.74, 6) is 0.980. The minimum Gasteiger partial charge on any atom is -0.427 e. The van der Waals surface area contributed by atoms with Crippen LogP contribution in [0.25, 0.3) is 17.3 Å². The average Bonchev–Trinajstić information content (AvgIpc) is 3.12. The van der Waals surface area contributed by atoms with Gasteiger partial charge in [0.15, 0.2) is 0 Å². The van der Waals surface area contributed by atoms with Crippen LogP contribution in [0.15, 0.2) is 41.1 Å². The van der Waals surface area contributed by atoms with Crippen LogP contribution in [0.2, 0.25) is 5.02 Å². The predicted octanol–water partition coefficient (Wildman–Crippen LogP) is 2.91. The van der Waals surface area contributed by atoms with Crippen molar-refractivity contribution in [3.05, 3.63) is 53.3 Å². The Kier molecular flexibility index (Phi) is 4.16. The summed E-state index contributed by atoms with van der Waals surface area (Å²) in [5, 5.41) is 0.640. The minimum atomic E-state index is -0.385. The summed E-state index contributed by atoms with van der Waals surface area (Å²) < 4.78 is 7.59. The zero-order valence-electron chi connectivity index (χ0n) is 12.5. The van der Waals surface area contributed by atoms with Crippen molar-refractivity contribution in [1.29, 1.82) is 0 Å². The number of primary amides is 1. The predicted molar refractivity (Wildman–Crippen MR) is 86.3 cm³/mol. The average molecular weight is 331 g/mol. The summed E-state index contributed by atoms with van der Waals surface area (Å²) in [5.41, 5.74) is 6.78. The first-order valence-electron chi connectivity index (χ1n) is 7.09. The molecule has 0 saturated carbocycles. The standard InChI is InChI=1S/C16H15ClN4O2/c1-10-19-8-9-21(10)16-20-15(11-2-4-12(17)5-3-11)13(23-16)6-7-14(18)22/h2-5,8-9H,6-7H2,1H3,(H2,18,22). The molecule has 0 fully saturated rings. The lowest BCUT2D eigenvalue weighted by atomic mass is 10.1. The molecule has 0 aliphatic rings. The Morgan fingerprint density at radius 1 is 1.35 bits per heavy atom. The molecule has 1 aromatic carbocycles. The number of benzene rings is 1. The van der Waals surface area contributed by atoms with E-state index in [9.17, 15) is 4.79 Å². The molecule has 3 rings (SSSR count). The molecule has 0 atom stereocenters. The van der Waals surface area contributed by atoms with Gasteiger partial charge in [0.1, 0.15) is 17.3 Å². The summed E-state index contributed by atoms with van der Waals surface area (Å²) >= 11 is 5.93. The molecular formula is C16H15ClN4O2. The van der Waals surface area contributed by atoms with Gasteiger partial charge in [-0.15, -0.1) is 0 Å². The number of halogens is 1. The molecule has 6 nitrogen and oxygen atoms in total. The Morgan fingerprint density at radius 2 is 2.09 bits per heavy atom. The van der Waals surface area contributed by atoms with Crippen molar-refractivity contribution in [2.75, 3.05) is 0 Å². The van der Waals surface area contributed by atoms with Crippen molar-refractivity contribution in [2.24, 2.45) is 5.73 Å². The molecule has 0 bridgehead atoms. The molecule has 3 aromatic rings. The highest BCUT2D eigenvalue weighted by atomic mass is 35.5. The van der Waals surface area contributed by atoms with Crippen LogP contribution in [0.5, 0.6) is 0 Å². The van der Waals surface area contributed by atoms with Crippen molar-refractivity contribution >= 4 is 17.5 Å². The van der Waals surface area contributed by atoms with Gasteiger partial charge in [-0.25, -0.2) is 4.98 Å². The lowest BCUT2D eigenvalue weighted by Gasteiger charge is -2.00. The summed E-state index contributed by atoms with van der Waals surface area (Å²) in [4.78, 5) is 19.8. The fraction of sp³-hybridized carbons (Fsp3) is 0.188. The topological polar surface area (TPSA) is 86.9 Å². The normalized spacial score (nSPS) is 10.9. The minimum absolute atomic E-state index is 0.193. The number of amides is 1. The van der Waals surface area contributed by atoms with E-state index in [1.807, 2.05) is 19.1 Å². The van der Waals surface area contributed by atoms with Crippen LogP contribution in [-0.2, 0) is 11.2 Å². The highest BCUT2D eigenvalue weighted by Crippen LogP contribution is 2.28. The Bertz CT molecular complexity index is 836. The number of carbonyl (C=O) groups is 1. The molecule has 0 unspecified atom stereocenters. The third-order valence-corrected chi connectivity index (χ3v) is 3.69. The largest absolute Gasteiger partial charge is 0.427 e. The molecule has 2 aromatic heterocycles. The van der Waals surface area contributed by atoms with Crippen molar-refractivity contribution < 1.29 is 9.21 Å². The van der Waals surface area contributed by atoms with Crippen LogP contribution in [0.1, 0.15) is 18.0 Å². The van der Waals surface area contributed by atoms with E-state index in [0.717, 1.165) is 11.4 Å². The second kappa shape index (κ2) is 6.26. The van der Waals surface area contributed by atoms with Crippen LogP contribution >= 0.6 is 11.6 Å². The first-order chi connectivity index (χ1) is 11.0. The summed E-state index contributed by atoms with van der Waals surface area (Å²) in [6, 6.07) is 7.69. The molecule has 0 aliphatic heterocycles. The molecule has 0 aliphatic carbocycles. The van der Waals surface area contributed by atoms with Crippen LogP contribution in [0, 0.1) is 6.92 Å². The van der Waals surface area contributed by atoms with E-state index in [1.54, 1.807) is 29.1 Å². The van der Waals surface area contributed by atoms with E-state index in [2.05, 4.69) is 9.97 Å². The first-order valence-corrected chi connectivity index (χ1v) is 7.46. The zero-order valence-corrected chi connectivity index (χ0v) is 13.2. The number of hydrogen-bond donors (Lipinski definition) is 1. The number of hydrogen-bond acceptors (Lipinski definition) is 4. The highest BCUT2D eigenvalue weighted by Gasteiger charge is 2.17. The van der Waals surface area contributed by atoms with Crippen LogP contribution < -0.4 is 5.73 Å². The van der Waals surface area contributed by atoms with Gasteiger partial charge in [0.2, 0.25) is 5.91 Å². The van der Waals surface area contributed by atoms with E-state index in [-0.39, 0.29) is 12.3 Å². The number of aromatic nitrogens is 3. The molecule has 2 N–H and O–H groups in total. The van der Waals surface area contributed by atoms with Gasteiger partial charge >= 0.3 is 6.01 Å². The molecule has 0 spiro atoms. The van der Waals surface area contributed by atoms with Gasteiger partial charge in [-0.05, 0) is 19.1 Å². The Labute approximate surface area is 137 Å². The van der Waals surface area contributed by atoms with E-state index >= 15 is 0 Å². The van der Waals surface area contributed by atoms with Crippen molar-refractivity contribution in [2.45, 2.75) is 19.8 Å². The summed E-state index contributed by atoms with van der Waals surface area (Å²) in [6.45, 7) is 1.86. The Morgan fingerprint density at radius 3 is 2.70 bits per heavy atom. The number of carbonyl (C=O) groups excluding carboxylic acids is 1. The molecule has 23 heavy (non-hydrogen) atoms. The third-order valence-electron chi connectivity index (χ3n) is 3.43. The number of rotatable bonds is 5. The Balaban J connectivity index is 2.04. The quantitative estimate of drug-likeness (QED) is 0.779. The zero-order chi connectivity index (χ0) is 16.4. The van der Waals surface area contributed by atoms with Crippen LogP contribution in [0.4, 0.5) is 0 Å². The van der Waals surface area contributed by atoms with Gasteiger partial charge in [0, 0.05) is 35.8 Å². The third kappa shape index (κ3) is 3.27. The van der Waals surface area contributed by atoms with Gasteiger partial charge in [0.25, 0.3) is 0 Å². The smallest absolute Gasteiger partial charge is 0.307 e. The van der Waals surface area contributed by atoms with Crippen molar-refractivity contribution in [1.82, 2.24) is 14.5 Å². The fourth-order valence-corrected chi connectivity index (χ4v) is 2.39. The van der Waals surface area contributed by atoms with E-state index in [0.29, 0.717) is 28.9 Å². The first kappa shape index (κ1) is 15.3. The molecule has 0 saturated heterocycles. The SMILES string of the molecule is Cc1nccn1-c1nc(-c2ccc(Cl)cc2)c(CCC(N)=O)o1. The summed E-state index contributed by atoms with van der Waals surface area (Å²) in [6.07, 6.45) is 4.02. The number of nitrogens with two attached hydrogens (primary N) is 1. The van der Waals surface area contributed by atoms with Gasteiger partial charge < -0.3 is 10.2 Å². The van der Waals surface area contributed by atoms with Crippen molar-refractivity contribution in [3.63, 3.8) is 0 Å². The number of nitrogens with zero attached hydrogens (tertiary/aromatic N) is 3. The molecule has 0 radical (unpaired) electrons. The van der Waals surface area contributed by atoms with E-state index < -0.39 is 0 Å². The van der Waals surface area contributed by atoms with Gasteiger partial charge in [0.05, 0.1) is 0 Å². The second-order valence-electron chi connectivity index (χ2n) is 5.09. The van der Waals surface area contributed by atoms with E-state index in [1.165, 1.54) is 0 Å². The van der Waals surface area contributed by atoms with Crippen LogP contribution in [-0.4, -0.2) is 20.4 Å². The molecule has 1 amide bonds. The molecule has 7 heteroatoms. The maximum atomic E-state index is 11.1.